The molecule has 0 atom stereocenters. The molecule has 1 aromatic heterocycles. The van der Waals surface area contributed by atoms with Crippen molar-refractivity contribution in [3.8, 4) is 17.2 Å². The zero-order valence-corrected chi connectivity index (χ0v) is 15.5. The molecule has 2 aromatic carbocycles. The molecule has 0 N–H and O–H groups in total. The van der Waals surface area contributed by atoms with Crippen LogP contribution < -0.4 is 9.47 Å². The molecule has 134 valence electrons. The summed E-state index contributed by atoms with van der Waals surface area (Å²) in [6.45, 7) is 2.00. The van der Waals surface area contributed by atoms with Crippen molar-refractivity contribution in [1.82, 2.24) is 20.2 Å². The summed E-state index contributed by atoms with van der Waals surface area (Å²) in [5, 5.41) is 12.3. The normalized spacial score (nSPS) is 10.6. The lowest BCUT2D eigenvalue weighted by Crippen LogP contribution is -2.07. The number of hydrogen-bond donors (Lipinski definition) is 0. The molecule has 0 aliphatic rings. The van der Waals surface area contributed by atoms with Crippen molar-refractivity contribution in [3.05, 3.63) is 53.6 Å². The van der Waals surface area contributed by atoms with Gasteiger partial charge in [-0.25, -0.2) is 0 Å². The van der Waals surface area contributed by atoms with Gasteiger partial charge in [-0.2, -0.15) is 4.68 Å². The third kappa shape index (κ3) is 3.85. The maximum absolute atomic E-state index is 12.7. The Kier molecular flexibility index (Phi) is 5.52. The quantitative estimate of drug-likeness (QED) is 0.467. The molecule has 7 nitrogen and oxygen atoms in total. The summed E-state index contributed by atoms with van der Waals surface area (Å²) in [4.78, 5) is 12.7. The molecule has 0 spiro atoms. The number of aryl methyl sites for hydroxylation is 1. The molecule has 3 rings (SSSR count). The van der Waals surface area contributed by atoms with Gasteiger partial charge in [0.1, 0.15) is 11.5 Å². The fourth-order valence-corrected chi connectivity index (χ4v) is 3.20. The smallest absolute Gasteiger partial charge is 0.214 e. The first kappa shape index (κ1) is 17.9. The first-order valence-corrected chi connectivity index (χ1v) is 8.84. The maximum atomic E-state index is 12.7. The Morgan fingerprint density at radius 1 is 1.15 bits per heavy atom. The van der Waals surface area contributed by atoms with Crippen LogP contribution in [0, 0.1) is 6.92 Å². The van der Waals surface area contributed by atoms with Crippen molar-refractivity contribution in [1.29, 1.82) is 0 Å². The van der Waals surface area contributed by atoms with Gasteiger partial charge in [-0.05, 0) is 53.2 Å². The van der Waals surface area contributed by atoms with Gasteiger partial charge in [0.05, 0.1) is 31.2 Å². The van der Waals surface area contributed by atoms with Crippen LogP contribution in [0.1, 0.15) is 15.9 Å². The molecule has 0 saturated heterocycles. The summed E-state index contributed by atoms with van der Waals surface area (Å²) in [7, 11) is 3.09. The summed E-state index contributed by atoms with van der Waals surface area (Å²) in [6, 6.07) is 13.0. The van der Waals surface area contributed by atoms with Gasteiger partial charge >= 0.3 is 0 Å². The molecule has 1 heterocycles. The minimum atomic E-state index is -0.0930. The van der Waals surface area contributed by atoms with E-state index in [1.54, 1.807) is 30.0 Å². The van der Waals surface area contributed by atoms with Gasteiger partial charge in [0, 0.05) is 0 Å². The number of thioether (sulfide) groups is 1. The van der Waals surface area contributed by atoms with Crippen LogP contribution in [0.5, 0.6) is 11.5 Å². The molecule has 26 heavy (non-hydrogen) atoms. The number of ketones is 1. The van der Waals surface area contributed by atoms with E-state index in [0.29, 0.717) is 22.2 Å². The fourth-order valence-electron chi connectivity index (χ4n) is 2.43. The summed E-state index contributed by atoms with van der Waals surface area (Å²) in [6.07, 6.45) is 0. The molecule has 0 aliphatic carbocycles. The minimum Gasteiger partial charge on any atom is -0.497 e. The summed E-state index contributed by atoms with van der Waals surface area (Å²) >= 11 is 1.27. The molecule has 0 radical (unpaired) electrons. The fraction of sp³-hybridized carbons (Fsp3) is 0.222. The lowest BCUT2D eigenvalue weighted by Gasteiger charge is -2.09. The second-order valence-corrected chi connectivity index (χ2v) is 6.43. The Bertz CT molecular complexity index is 926. The van der Waals surface area contributed by atoms with Crippen molar-refractivity contribution in [3.63, 3.8) is 0 Å². The molecule has 3 aromatic rings. The zero-order chi connectivity index (χ0) is 18.5. The highest BCUT2D eigenvalue weighted by Crippen LogP contribution is 2.27. The number of Topliss-reactive ketones (excluding diaryl/α,β-unsaturated/α-hetero) is 1. The zero-order valence-electron chi connectivity index (χ0n) is 14.7. The molecule has 8 heteroatoms. The Morgan fingerprint density at radius 2 is 2.00 bits per heavy atom. The SMILES string of the molecule is COc1ccc(OC)c(C(=O)CSc2nnnn2-c2cccc(C)c2)c1. The van der Waals surface area contributed by atoms with Gasteiger partial charge in [0.15, 0.2) is 5.78 Å². The molecule has 0 bridgehead atoms. The van der Waals surface area contributed by atoms with Crippen LogP contribution in [-0.2, 0) is 0 Å². The standard InChI is InChI=1S/C18H18N4O3S/c1-12-5-4-6-13(9-12)22-18(19-20-21-22)26-11-16(23)15-10-14(24-2)7-8-17(15)25-3/h4-10H,11H2,1-3H3. The van der Waals surface area contributed by atoms with Crippen molar-refractivity contribution in [2.45, 2.75) is 12.1 Å². The van der Waals surface area contributed by atoms with Crippen LogP contribution in [-0.4, -0.2) is 46.0 Å². The second kappa shape index (κ2) is 8.01. The van der Waals surface area contributed by atoms with Crippen LogP contribution in [0.4, 0.5) is 0 Å². The van der Waals surface area contributed by atoms with Gasteiger partial charge < -0.3 is 9.47 Å². The summed E-state index contributed by atoms with van der Waals surface area (Å²) < 4.78 is 12.1. The van der Waals surface area contributed by atoms with E-state index in [4.69, 9.17) is 9.47 Å². The Labute approximate surface area is 155 Å². The van der Waals surface area contributed by atoms with Crippen LogP contribution in [0.3, 0.4) is 0 Å². The van der Waals surface area contributed by atoms with E-state index in [1.807, 2.05) is 31.2 Å². The van der Waals surface area contributed by atoms with Gasteiger partial charge in [0.25, 0.3) is 0 Å². The highest BCUT2D eigenvalue weighted by atomic mass is 32.2. The number of hydrogen-bond acceptors (Lipinski definition) is 7. The van der Waals surface area contributed by atoms with Crippen LogP contribution >= 0.6 is 11.8 Å². The van der Waals surface area contributed by atoms with E-state index in [-0.39, 0.29) is 11.5 Å². The molecule has 0 fully saturated rings. The minimum absolute atomic E-state index is 0.0930. The lowest BCUT2D eigenvalue weighted by molar-refractivity contribution is 0.101. The average molecular weight is 370 g/mol. The Balaban J connectivity index is 1.78. The van der Waals surface area contributed by atoms with Gasteiger partial charge in [-0.3, -0.25) is 4.79 Å². The molecule has 0 saturated carbocycles. The molecular weight excluding hydrogens is 352 g/mol. The number of carbonyl (C=O) groups excluding carboxylic acids is 1. The number of carbonyl (C=O) groups is 1. The third-order valence-corrected chi connectivity index (χ3v) is 4.65. The third-order valence-electron chi connectivity index (χ3n) is 3.73. The van der Waals surface area contributed by atoms with E-state index in [0.717, 1.165) is 11.3 Å². The van der Waals surface area contributed by atoms with E-state index >= 15 is 0 Å². The van der Waals surface area contributed by atoms with E-state index in [1.165, 1.54) is 18.9 Å². The van der Waals surface area contributed by atoms with Gasteiger partial charge in [-0.15, -0.1) is 5.10 Å². The van der Waals surface area contributed by atoms with Crippen molar-refractivity contribution >= 4 is 17.5 Å². The average Bonchev–Trinajstić information content (AvgIpc) is 3.14. The highest BCUT2D eigenvalue weighted by molar-refractivity contribution is 7.99. The predicted molar refractivity (Wildman–Crippen MR) is 98.5 cm³/mol. The lowest BCUT2D eigenvalue weighted by atomic mass is 10.1. The van der Waals surface area contributed by atoms with Crippen LogP contribution in [0.25, 0.3) is 5.69 Å². The number of methoxy groups -OCH3 is 2. The molecule has 0 aliphatic heterocycles. The second-order valence-electron chi connectivity index (χ2n) is 5.49. The number of rotatable bonds is 7. The maximum Gasteiger partial charge on any atom is 0.214 e. The van der Waals surface area contributed by atoms with E-state index < -0.39 is 0 Å². The monoisotopic (exact) mass is 370 g/mol. The van der Waals surface area contributed by atoms with Crippen LogP contribution in [0.15, 0.2) is 47.6 Å². The first-order chi connectivity index (χ1) is 12.6. The van der Waals surface area contributed by atoms with E-state index in [2.05, 4.69) is 15.5 Å². The van der Waals surface area contributed by atoms with E-state index in [9.17, 15) is 4.79 Å². The molecular formula is C18H18N4O3S. The number of nitrogens with zero attached hydrogens (tertiary/aromatic N) is 4. The van der Waals surface area contributed by atoms with Crippen LogP contribution in [0.2, 0.25) is 0 Å². The van der Waals surface area contributed by atoms with Crippen molar-refractivity contribution in [2.75, 3.05) is 20.0 Å². The topological polar surface area (TPSA) is 79.1 Å². The molecule has 0 unspecified atom stereocenters. The van der Waals surface area contributed by atoms with Crippen molar-refractivity contribution in [2.24, 2.45) is 0 Å². The first-order valence-electron chi connectivity index (χ1n) is 7.86. The summed E-state index contributed by atoms with van der Waals surface area (Å²) in [5.41, 5.74) is 2.42. The summed E-state index contributed by atoms with van der Waals surface area (Å²) in [5.74, 6) is 1.19. The number of benzene rings is 2. The number of tetrazole rings is 1. The van der Waals surface area contributed by atoms with Gasteiger partial charge in [-0.1, -0.05) is 23.9 Å². The highest BCUT2D eigenvalue weighted by Gasteiger charge is 2.17. The molecule has 0 amide bonds. The van der Waals surface area contributed by atoms with Gasteiger partial charge in [0.2, 0.25) is 5.16 Å². The largest absolute Gasteiger partial charge is 0.497 e. The number of aromatic nitrogens is 4. The number of ether oxygens (including phenoxy) is 2. The Hall–Kier alpha value is -2.87. The Morgan fingerprint density at radius 3 is 2.73 bits per heavy atom. The van der Waals surface area contributed by atoms with Crippen molar-refractivity contribution < 1.29 is 14.3 Å². The predicted octanol–water partition coefficient (Wildman–Crippen LogP) is 2.96.